The zero-order chi connectivity index (χ0) is 16.4. The van der Waals surface area contributed by atoms with Crippen molar-refractivity contribution in [3.63, 3.8) is 0 Å². The summed E-state index contributed by atoms with van der Waals surface area (Å²) in [5, 5.41) is 6.05. The molecule has 0 aliphatic heterocycles. The van der Waals surface area contributed by atoms with Gasteiger partial charge in [-0.3, -0.25) is 4.79 Å². The number of aryl methyl sites for hydroxylation is 1. The first-order valence-corrected chi connectivity index (χ1v) is 8.11. The molecule has 0 saturated carbocycles. The van der Waals surface area contributed by atoms with Crippen LogP contribution in [-0.4, -0.2) is 10.8 Å². The van der Waals surface area contributed by atoms with Gasteiger partial charge in [0.15, 0.2) is 10.9 Å². The summed E-state index contributed by atoms with van der Waals surface area (Å²) in [4.78, 5) is 15.9. The molecular weight excluding hydrogens is 306 g/mol. The minimum Gasteiger partial charge on any atom is -0.398 e. The lowest BCUT2D eigenvalue weighted by Crippen LogP contribution is -1.94. The van der Waals surface area contributed by atoms with Gasteiger partial charge in [0, 0.05) is 27.9 Å². The van der Waals surface area contributed by atoms with Crippen molar-refractivity contribution in [2.24, 2.45) is 0 Å². The van der Waals surface area contributed by atoms with Crippen molar-refractivity contribution in [2.45, 2.75) is 13.8 Å². The van der Waals surface area contributed by atoms with Crippen molar-refractivity contribution in [3.05, 3.63) is 59.0 Å². The van der Waals surface area contributed by atoms with E-state index in [0.29, 0.717) is 5.56 Å². The normalized spacial score (nSPS) is 10.5. The number of nitrogens with zero attached hydrogens (tertiary/aromatic N) is 1. The van der Waals surface area contributed by atoms with Crippen LogP contribution in [0.2, 0.25) is 0 Å². The van der Waals surface area contributed by atoms with Crippen molar-refractivity contribution in [3.8, 4) is 11.3 Å². The third-order valence-corrected chi connectivity index (χ3v) is 4.38. The zero-order valence-electron chi connectivity index (χ0n) is 13.0. The summed E-state index contributed by atoms with van der Waals surface area (Å²) in [5.41, 5.74) is 11.3. The van der Waals surface area contributed by atoms with E-state index in [1.807, 2.05) is 42.6 Å². The second-order valence-electron chi connectivity index (χ2n) is 5.37. The van der Waals surface area contributed by atoms with Crippen molar-refractivity contribution >= 4 is 33.6 Å². The third kappa shape index (κ3) is 3.40. The Hall–Kier alpha value is -2.66. The number of nitrogens with two attached hydrogens (primary N) is 1. The van der Waals surface area contributed by atoms with E-state index in [4.69, 9.17) is 5.73 Å². The third-order valence-electron chi connectivity index (χ3n) is 3.62. The molecule has 3 rings (SSSR count). The highest BCUT2D eigenvalue weighted by molar-refractivity contribution is 7.14. The Morgan fingerprint density at radius 2 is 1.91 bits per heavy atom. The average molecular weight is 323 g/mol. The summed E-state index contributed by atoms with van der Waals surface area (Å²) < 4.78 is 0. The van der Waals surface area contributed by atoms with Crippen LogP contribution in [0.25, 0.3) is 11.3 Å². The highest BCUT2D eigenvalue weighted by atomic mass is 32.1. The molecule has 1 heterocycles. The molecule has 0 radical (unpaired) electrons. The fourth-order valence-corrected chi connectivity index (χ4v) is 2.92. The quantitative estimate of drug-likeness (QED) is 0.542. The predicted octanol–water partition coefficient (Wildman–Crippen LogP) is 4.65. The van der Waals surface area contributed by atoms with Gasteiger partial charge in [0.05, 0.1) is 5.69 Å². The number of rotatable bonds is 4. The molecule has 5 heteroatoms. The number of carbonyl (C=O) groups is 1. The van der Waals surface area contributed by atoms with E-state index >= 15 is 0 Å². The minimum absolute atomic E-state index is 0.0602. The molecule has 0 unspecified atom stereocenters. The molecule has 1 aromatic heterocycles. The van der Waals surface area contributed by atoms with Gasteiger partial charge >= 0.3 is 0 Å². The fraction of sp³-hybridized carbons (Fsp3) is 0.111. The number of anilines is 3. The Balaban J connectivity index is 1.79. The van der Waals surface area contributed by atoms with Crippen LogP contribution in [0.1, 0.15) is 22.8 Å². The van der Waals surface area contributed by atoms with Gasteiger partial charge in [-0.1, -0.05) is 12.1 Å². The van der Waals surface area contributed by atoms with Crippen LogP contribution in [0.3, 0.4) is 0 Å². The predicted molar refractivity (Wildman–Crippen MR) is 96.4 cm³/mol. The molecule has 0 aliphatic rings. The topological polar surface area (TPSA) is 68.0 Å². The Labute approximate surface area is 139 Å². The van der Waals surface area contributed by atoms with E-state index in [-0.39, 0.29) is 5.78 Å². The first-order chi connectivity index (χ1) is 11.0. The number of nitrogens with one attached hydrogen (secondary N) is 1. The average Bonchev–Trinajstić information content (AvgIpc) is 2.99. The molecule has 0 saturated heterocycles. The Morgan fingerprint density at radius 3 is 2.57 bits per heavy atom. The summed E-state index contributed by atoms with van der Waals surface area (Å²) in [7, 11) is 0. The summed E-state index contributed by atoms with van der Waals surface area (Å²) in [6.45, 7) is 3.54. The second-order valence-corrected chi connectivity index (χ2v) is 6.23. The number of Topliss-reactive ketones (excluding diaryl/α,β-unsaturated/α-hetero) is 1. The van der Waals surface area contributed by atoms with Gasteiger partial charge in [-0.05, 0) is 49.7 Å². The molecule has 23 heavy (non-hydrogen) atoms. The highest BCUT2D eigenvalue weighted by Crippen LogP contribution is 2.29. The van der Waals surface area contributed by atoms with Crippen molar-refractivity contribution < 1.29 is 4.79 Å². The van der Waals surface area contributed by atoms with Gasteiger partial charge in [0.1, 0.15) is 0 Å². The summed E-state index contributed by atoms with van der Waals surface area (Å²) in [5.74, 6) is 0.0602. The van der Waals surface area contributed by atoms with Crippen LogP contribution in [0.15, 0.2) is 47.8 Å². The molecule has 0 spiro atoms. The van der Waals surface area contributed by atoms with Gasteiger partial charge < -0.3 is 11.1 Å². The van der Waals surface area contributed by atoms with Gasteiger partial charge in [-0.15, -0.1) is 11.3 Å². The monoisotopic (exact) mass is 323 g/mol. The molecule has 3 N–H and O–H groups in total. The lowest BCUT2D eigenvalue weighted by atomic mass is 10.1. The van der Waals surface area contributed by atoms with Crippen molar-refractivity contribution in [1.82, 2.24) is 4.98 Å². The number of nitrogen functional groups attached to an aromatic ring is 1. The van der Waals surface area contributed by atoms with E-state index in [1.165, 1.54) is 11.3 Å². The summed E-state index contributed by atoms with van der Waals surface area (Å²) in [6, 6.07) is 13.3. The van der Waals surface area contributed by atoms with Crippen LogP contribution in [-0.2, 0) is 0 Å². The maximum atomic E-state index is 11.3. The van der Waals surface area contributed by atoms with Gasteiger partial charge in [-0.2, -0.15) is 0 Å². The minimum atomic E-state index is 0.0602. The fourth-order valence-electron chi connectivity index (χ4n) is 2.18. The smallest absolute Gasteiger partial charge is 0.187 e. The zero-order valence-corrected chi connectivity index (χ0v) is 13.8. The Bertz CT molecular complexity index is 853. The van der Waals surface area contributed by atoms with Crippen molar-refractivity contribution in [2.75, 3.05) is 11.1 Å². The molecule has 3 aromatic rings. The lowest BCUT2D eigenvalue weighted by molar-refractivity contribution is 0.101. The maximum Gasteiger partial charge on any atom is 0.187 e. The molecule has 4 nitrogen and oxygen atoms in total. The number of benzene rings is 2. The molecular formula is C18H17N3OS. The molecule has 0 bridgehead atoms. The van der Waals surface area contributed by atoms with E-state index in [9.17, 15) is 4.79 Å². The summed E-state index contributed by atoms with van der Waals surface area (Å²) in [6.07, 6.45) is 0. The van der Waals surface area contributed by atoms with E-state index in [0.717, 1.165) is 33.3 Å². The summed E-state index contributed by atoms with van der Waals surface area (Å²) >= 11 is 1.53. The number of aromatic nitrogens is 1. The van der Waals surface area contributed by atoms with Gasteiger partial charge in [0.25, 0.3) is 0 Å². The molecule has 0 fully saturated rings. The standard InChI is InChI=1S/C18H17N3OS/c1-11-3-4-14(9-16(11)19)17-10-23-18(21-17)20-15-7-5-13(6-8-15)12(2)22/h3-10H,19H2,1-2H3,(H,20,21). The van der Waals surface area contributed by atoms with Crippen LogP contribution < -0.4 is 11.1 Å². The van der Waals surface area contributed by atoms with Crippen LogP contribution in [0.5, 0.6) is 0 Å². The maximum absolute atomic E-state index is 11.3. The highest BCUT2D eigenvalue weighted by Gasteiger charge is 2.07. The van der Waals surface area contributed by atoms with Gasteiger partial charge in [-0.25, -0.2) is 4.98 Å². The Morgan fingerprint density at radius 1 is 1.17 bits per heavy atom. The number of hydrogen-bond acceptors (Lipinski definition) is 5. The van der Waals surface area contributed by atoms with E-state index in [1.54, 1.807) is 19.1 Å². The lowest BCUT2D eigenvalue weighted by Gasteiger charge is -2.04. The van der Waals surface area contributed by atoms with Crippen LogP contribution >= 0.6 is 11.3 Å². The number of hydrogen-bond donors (Lipinski definition) is 2. The Kier molecular flexibility index (Phi) is 4.12. The first-order valence-electron chi connectivity index (χ1n) is 7.23. The number of thiazole rings is 1. The molecule has 116 valence electrons. The van der Waals surface area contributed by atoms with E-state index < -0.39 is 0 Å². The van der Waals surface area contributed by atoms with E-state index in [2.05, 4.69) is 10.3 Å². The molecule has 0 atom stereocenters. The number of carbonyl (C=O) groups excluding carboxylic acids is 1. The second kappa shape index (κ2) is 6.22. The molecule has 2 aromatic carbocycles. The van der Waals surface area contributed by atoms with Gasteiger partial charge in [0.2, 0.25) is 0 Å². The molecule has 0 amide bonds. The SMILES string of the molecule is CC(=O)c1ccc(Nc2nc(-c3ccc(C)c(N)c3)cs2)cc1. The number of ketones is 1. The van der Waals surface area contributed by atoms with Crippen LogP contribution in [0, 0.1) is 6.92 Å². The molecule has 0 aliphatic carbocycles. The van der Waals surface area contributed by atoms with Crippen molar-refractivity contribution in [1.29, 1.82) is 0 Å². The first kappa shape index (κ1) is 15.2. The van der Waals surface area contributed by atoms with Crippen LogP contribution in [0.4, 0.5) is 16.5 Å². The largest absolute Gasteiger partial charge is 0.398 e.